The highest BCUT2D eigenvalue weighted by Gasteiger charge is 2.29. The number of carbonyl (C=O) groups excluding carboxylic acids is 1. The molecule has 6 N–H and O–H groups in total. The first-order valence-corrected chi connectivity index (χ1v) is 6.53. The summed E-state index contributed by atoms with van der Waals surface area (Å²) in [6, 6.07) is -0.0195. The van der Waals surface area contributed by atoms with Crippen molar-refractivity contribution in [3.63, 3.8) is 0 Å². The van der Waals surface area contributed by atoms with E-state index in [9.17, 15) is 4.79 Å². The zero-order chi connectivity index (χ0) is 14.3. The van der Waals surface area contributed by atoms with Crippen molar-refractivity contribution in [2.24, 2.45) is 22.8 Å². The Hall–Kier alpha value is -1.10. The summed E-state index contributed by atoms with van der Waals surface area (Å²) >= 11 is 0. The van der Waals surface area contributed by atoms with Gasteiger partial charge in [0.2, 0.25) is 0 Å². The number of carbonyl (C=O) groups is 1. The highest BCUT2D eigenvalue weighted by atomic mass is 16.1. The van der Waals surface area contributed by atoms with Gasteiger partial charge in [-0.05, 0) is 18.3 Å². The van der Waals surface area contributed by atoms with Gasteiger partial charge in [0.15, 0.2) is 5.96 Å². The Labute approximate surface area is 110 Å². The van der Waals surface area contributed by atoms with E-state index < -0.39 is 0 Å². The quantitative estimate of drug-likeness (QED) is 0.298. The van der Waals surface area contributed by atoms with Crippen LogP contribution in [0.2, 0.25) is 0 Å². The maximum Gasteiger partial charge on any atom is 0.185 e. The van der Waals surface area contributed by atoms with Crippen molar-refractivity contribution in [3.8, 4) is 0 Å². The van der Waals surface area contributed by atoms with Gasteiger partial charge in [-0.15, -0.1) is 0 Å². The van der Waals surface area contributed by atoms with Crippen molar-refractivity contribution in [3.05, 3.63) is 0 Å². The molecule has 0 fully saturated rings. The summed E-state index contributed by atoms with van der Waals surface area (Å²) in [6.45, 7) is 8.56. The lowest BCUT2D eigenvalue weighted by Crippen LogP contribution is -2.40. The second-order valence-electron chi connectivity index (χ2n) is 5.88. The highest BCUT2D eigenvalue weighted by Crippen LogP contribution is 2.28. The van der Waals surface area contributed by atoms with Crippen LogP contribution in [0.5, 0.6) is 0 Å². The SMILES string of the molecule is CC(C)C(=O)CC(C)(C)[C@@H](N)CCCNC(=N)N. The molecule has 0 radical (unpaired) electrons. The number of guanidine groups is 1. The molecule has 0 spiro atoms. The van der Waals surface area contributed by atoms with Crippen LogP contribution in [-0.2, 0) is 4.79 Å². The lowest BCUT2D eigenvalue weighted by Gasteiger charge is -2.31. The number of rotatable bonds is 8. The van der Waals surface area contributed by atoms with Gasteiger partial charge in [0.25, 0.3) is 0 Å². The van der Waals surface area contributed by atoms with Gasteiger partial charge >= 0.3 is 0 Å². The Balaban J connectivity index is 4.09. The third-order valence-electron chi connectivity index (χ3n) is 3.28. The Kier molecular flexibility index (Phi) is 6.91. The van der Waals surface area contributed by atoms with Crippen LogP contribution in [0.25, 0.3) is 0 Å². The number of nitrogens with one attached hydrogen (secondary N) is 2. The molecule has 0 amide bonds. The van der Waals surface area contributed by atoms with E-state index in [-0.39, 0.29) is 29.1 Å². The van der Waals surface area contributed by atoms with Crippen molar-refractivity contribution in [1.29, 1.82) is 5.41 Å². The zero-order valence-corrected chi connectivity index (χ0v) is 12.0. The minimum absolute atomic E-state index is 0.0159. The largest absolute Gasteiger partial charge is 0.370 e. The maximum atomic E-state index is 11.8. The van der Waals surface area contributed by atoms with E-state index in [0.717, 1.165) is 12.8 Å². The van der Waals surface area contributed by atoms with E-state index in [1.165, 1.54) is 0 Å². The summed E-state index contributed by atoms with van der Waals surface area (Å²) in [5, 5.41) is 9.78. The fourth-order valence-corrected chi connectivity index (χ4v) is 1.72. The van der Waals surface area contributed by atoms with Crippen LogP contribution in [0.4, 0.5) is 0 Å². The molecule has 5 nitrogen and oxygen atoms in total. The number of ketones is 1. The van der Waals surface area contributed by atoms with Gasteiger partial charge in [-0.25, -0.2) is 0 Å². The molecule has 0 rings (SSSR count). The van der Waals surface area contributed by atoms with Crippen molar-refractivity contribution >= 4 is 11.7 Å². The summed E-state index contributed by atoms with van der Waals surface area (Å²) in [6.07, 6.45) is 2.19. The molecule has 0 aromatic heterocycles. The van der Waals surface area contributed by atoms with Gasteiger partial charge in [-0.1, -0.05) is 27.7 Å². The van der Waals surface area contributed by atoms with Crippen LogP contribution in [0, 0.1) is 16.7 Å². The average molecular weight is 256 g/mol. The van der Waals surface area contributed by atoms with E-state index in [1.807, 2.05) is 27.7 Å². The third kappa shape index (κ3) is 6.59. The lowest BCUT2D eigenvalue weighted by atomic mass is 9.77. The van der Waals surface area contributed by atoms with Gasteiger partial charge in [-0.3, -0.25) is 10.2 Å². The molecule has 0 saturated heterocycles. The summed E-state index contributed by atoms with van der Waals surface area (Å²) in [4.78, 5) is 11.8. The van der Waals surface area contributed by atoms with Crippen LogP contribution >= 0.6 is 0 Å². The van der Waals surface area contributed by atoms with E-state index in [0.29, 0.717) is 13.0 Å². The van der Waals surface area contributed by atoms with Crippen molar-refractivity contribution in [1.82, 2.24) is 5.32 Å². The molecule has 0 aromatic carbocycles. The smallest absolute Gasteiger partial charge is 0.185 e. The third-order valence-corrected chi connectivity index (χ3v) is 3.28. The van der Waals surface area contributed by atoms with Crippen LogP contribution in [-0.4, -0.2) is 24.3 Å². The first-order valence-electron chi connectivity index (χ1n) is 6.53. The molecule has 5 heteroatoms. The maximum absolute atomic E-state index is 11.8. The number of Topliss-reactive ketones (excluding diaryl/α,β-unsaturated/α-hetero) is 1. The molecule has 0 saturated carbocycles. The first kappa shape index (κ1) is 16.9. The summed E-state index contributed by atoms with van der Waals surface area (Å²) in [5.74, 6) is 0.311. The molecule has 0 aliphatic carbocycles. The molecular weight excluding hydrogens is 228 g/mol. The fraction of sp³-hybridized carbons (Fsp3) is 0.846. The van der Waals surface area contributed by atoms with E-state index in [2.05, 4.69) is 5.32 Å². The van der Waals surface area contributed by atoms with Gasteiger partial charge in [-0.2, -0.15) is 0 Å². The standard InChI is InChI=1S/C13H28N4O/c1-9(2)10(18)8-13(3,4)11(14)6-5-7-17-12(15)16/h9,11H,5-8,14H2,1-4H3,(H4,15,16,17)/t11-/m0/s1. The Bertz CT molecular complexity index is 287. The molecule has 0 bridgehead atoms. The molecular formula is C13H28N4O. The fourth-order valence-electron chi connectivity index (χ4n) is 1.72. The first-order chi connectivity index (χ1) is 8.16. The van der Waals surface area contributed by atoms with Gasteiger partial charge < -0.3 is 16.8 Å². The van der Waals surface area contributed by atoms with Gasteiger partial charge in [0, 0.05) is 24.9 Å². The molecule has 0 aliphatic heterocycles. The Morgan fingerprint density at radius 2 is 1.94 bits per heavy atom. The van der Waals surface area contributed by atoms with Crippen LogP contribution in [0.3, 0.4) is 0 Å². The van der Waals surface area contributed by atoms with Crippen molar-refractivity contribution in [2.45, 2.75) is 53.0 Å². The number of hydrogen-bond donors (Lipinski definition) is 4. The molecule has 18 heavy (non-hydrogen) atoms. The van der Waals surface area contributed by atoms with Crippen molar-refractivity contribution < 1.29 is 4.79 Å². The van der Waals surface area contributed by atoms with Crippen LogP contribution in [0.15, 0.2) is 0 Å². The van der Waals surface area contributed by atoms with Crippen LogP contribution < -0.4 is 16.8 Å². The van der Waals surface area contributed by atoms with E-state index >= 15 is 0 Å². The monoisotopic (exact) mass is 256 g/mol. The normalized spacial score (nSPS) is 13.4. The molecule has 0 aromatic rings. The highest BCUT2D eigenvalue weighted by molar-refractivity contribution is 5.80. The molecule has 1 atom stereocenters. The minimum atomic E-state index is -0.183. The van der Waals surface area contributed by atoms with E-state index in [4.69, 9.17) is 16.9 Å². The average Bonchev–Trinajstić information content (AvgIpc) is 2.22. The summed E-state index contributed by atoms with van der Waals surface area (Å²) in [5.41, 5.74) is 11.2. The Morgan fingerprint density at radius 3 is 2.39 bits per heavy atom. The second kappa shape index (κ2) is 7.36. The topological polar surface area (TPSA) is 105 Å². The molecule has 0 aliphatic rings. The number of hydrogen-bond acceptors (Lipinski definition) is 3. The predicted molar refractivity (Wildman–Crippen MR) is 75.4 cm³/mol. The lowest BCUT2D eigenvalue weighted by molar-refractivity contribution is -0.124. The summed E-state index contributed by atoms with van der Waals surface area (Å²) in [7, 11) is 0. The Morgan fingerprint density at radius 1 is 1.39 bits per heavy atom. The van der Waals surface area contributed by atoms with Crippen molar-refractivity contribution in [2.75, 3.05) is 6.54 Å². The number of nitrogens with two attached hydrogens (primary N) is 2. The zero-order valence-electron chi connectivity index (χ0n) is 12.0. The molecule has 0 unspecified atom stereocenters. The summed E-state index contributed by atoms with van der Waals surface area (Å²) < 4.78 is 0. The second-order valence-corrected chi connectivity index (χ2v) is 5.88. The molecule has 106 valence electrons. The van der Waals surface area contributed by atoms with Gasteiger partial charge in [0.05, 0.1) is 0 Å². The predicted octanol–water partition coefficient (Wildman–Crippen LogP) is 1.22. The van der Waals surface area contributed by atoms with E-state index in [1.54, 1.807) is 0 Å². The minimum Gasteiger partial charge on any atom is -0.370 e. The van der Waals surface area contributed by atoms with Gasteiger partial charge in [0.1, 0.15) is 5.78 Å². The van der Waals surface area contributed by atoms with Crippen LogP contribution in [0.1, 0.15) is 47.0 Å². The molecule has 0 heterocycles.